The lowest BCUT2D eigenvalue weighted by Gasteiger charge is -2.26. The number of rotatable bonds is 5. The van der Waals surface area contributed by atoms with E-state index in [2.05, 4.69) is 21.2 Å². The highest BCUT2D eigenvalue weighted by Crippen LogP contribution is 2.33. The lowest BCUT2D eigenvalue weighted by molar-refractivity contribution is 0.0723. The van der Waals surface area contributed by atoms with Crippen LogP contribution in [-0.2, 0) is 5.60 Å². The Morgan fingerprint density at radius 2 is 2.14 bits per heavy atom. The molecule has 114 valence electrons. The second-order valence-corrected chi connectivity index (χ2v) is 8.22. The third-order valence-corrected chi connectivity index (χ3v) is 6.62. The topological polar surface area (TPSA) is 49.3 Å². The van der Waals surface area contributed by atoms with Gasteiger partial charge in [0.15, 0.2) is 0 Å². The molecule has 1 atom stereocenters. The molecule has 3 rings (SSSR count). The van der Waals surface area contributed by atoms with E-state index in [-0.39, 0.29) is 12.5 Å². The van der Waals surface area contributed by atoms with Crippen molar-refractivity contribution in [2.75, 3.05) is 6.54 Å². The molecule has 1 amide bonds. The molecule has 22 heavy (non-hydrogen) atoms. The van der Waals surface area contributed by atoms with Gasteiger partial charge in [-0.3, -0.25) is 4.79 Å². The van der Waals surface area contributed by atoms with Crippen molar-refractivity contribution in [3.63, 3.8) is 0 Å². The van der Waals surface area contributed by atoms with Gasteiger partial charge < -0.3 is 10.4 Å². The van der Waals surface area contributed by atoms with Crippen LogP contribution in [0.1, 0.15) is 20.1 Å². The maximum Gasteiger partial charge on any atom is 0.261 e. The molecule has 3 aromatic heterocycles. The molecule has 7 heteroatoms. The van der Waals surface area contributed by atoms with Gasteiger partial charge in [-0.15, -0.1) is 22.7 Å². The van der Waals surface area contributed by atoms with E-state index in [4.69, 9.17) is 0 Å². The standard InChI is InChI=1S/C15H12BrNO2S3/c16-11-6-12(22-8-11)14(18)17-9-15(19,10-3-5-20-7-10)13-2-1-4-21-13/h1-8,19H,9H2,(H,17,18)/t15-/m1/s1. The largest absolute Gasteiger partial charge is 0.378 e. The maximum atomic E-state index is 12.2. The molecule has 0 unspecified atom stereocenters. The number of hydrogen-bond acceptors (Lipinski definition) is 5. The maximum absolute atomic E-state index is 12.2. The Morgan fingerprint density at radius 3 is 2.73 bits per heavy atom. The van der Waals surface area contributed by atoms with Crippen molar-refractivity contribution in [3.8, 4) is 0 Å². The van der Waals surface area contributed by atoms with E-state index in [1.807, 2.05) is 39.7 Å². The van der Waals surface area contributed by atoms with E-state index in [9.17, 15) is 9.90 Å². The predicted molar refractivity (Wildman–Crippen MR) is 96.0 cm³/mol. The van der Waals surface area contributed by atoms with E-state index >= 15 is 0 Å². The molecule has 3 aromatic rings. The van der Waals surface area contributed by atoms with Crippen LogP contribution < -0.4 is 5.32 Å². The number of hydrogen-bond donors (Lipinski definition) is 2. The highest BCUT2D eigenvalue weighted by molar-refractivity contribution is 9.10. The Labute approximate surface area is 148 Å². The summed E-state index contributed by atoms with van der Waals surface area (Å²) in [5, 5.41) is 21.6. The van der Waals surface area contributed by atoms with Gasteiger partial charge in [-0.05, 0) is 50.3 Å². The summed E-state index contributed by atoms with van der Waals surface area (Å²) in [5.74, 6) is -0.180. The predicted octanol–water partition coefficient (Wildman–Crippen LogP) is 4.30. The van der Waals surface area contributed by atoms with Gasteiger partial charge >= 0.3 is 0 Å². The summed E-state index contributed by atoms with van der Waals surface area (Å²) in [6.07, 6.45) is 0. The molecular formula is C15H12BrNO2S3. The van der Waals surface area contributed by atoms with Crippen molar-refractivity contribution >= 4 is 55.8 Å². The van der Waals surface area contributed by atoms with Gasteiger partial charge in [0.25, 0.3) is 5.91 Å². The molecule has 3 nitrogen and oxygen atoms in total. The first-order valence-electron chi connectivity index (χ1n) is 6.41. The average molecular weight is 414 g/mol. The highest BCUT2D eigenvalue weighted by Gasteiger charge is 2.33. The van der Waals surface area contributed by atoms with Gasteiger partial charge in [-0.2, -0.15) is 11.3 Å². The molecule has 0 aromatic carbocycles. The first-order chi connectivity index (χ1) is 10.6. The Hall–Kier alpha value is -0.990. The average Bonchev–Trinajstić information content (AvgIpc) is 3.24. The summed E-state index contributed by atoms with van der Waals surface area (Å²) in [6.45, 7) is 0.137. The fraction of sp³-hybridized carbons (Fsp3) is 0.133. The summed E-state index contributed by atoms with van der Waals surface area (Å²) in [7, 11) is 0. The molecule has 0 saturated heterocycles. The van der Waals surface area contributed by atoms with E-state index in [1.165, 1.54) is 34.0 Å². The zero-order chi connectivity index (χ0) is 15.6. The van der Waals surface area contributed by atoms with Crippen LogP contribution in [0.2, 0.25) is 0 Å². The van der Waals surface area contributed by atoms with E-state index in [0.29, 0.717) is 4.88 Å². The van der Waals surface area contributed by atoms with Crippen LogP contribution in [-0.4, -0.2) is 17.6 Å². The van der Waals surface area contributed by atoms with Gasteiger partial charge in [0.1, 0.15) is 5.60 Å². The van der Waals surface area contributed by atoms with E-state index in [1.54, 1.807) is 6.07 Å². The lowest BCUT2D eigenvalue weighted by atomic mass is 9.94. The molecule has 0 aliphatic heterocycles. The first kappa shape index (κ1) is 15.9. The molecule has 2 N–H and O–H groups in total. The third kappa shape index (κ3) is 3.18. The second-order valence-electron chi connectivity index (χ2n) is 4.66. The van der Waals surface area contributed by atoms with Crippen molar-refractivity contribution in [1.82, 2.24) is 5.32 Å². The van der Waals surface area contributed by atoms with Crippen LogP contribution in [0.25, 0.3) is 0 Å². The molecule has 0 fully saturated rings. The molecule has 0 spiro atoms. The molecule has 0 saturated carbocycles. The van der Waals surface area contributed by atoms with Crippen molar-refractivity contribution in [2.45, 2.75) is 5.60 Å². The first-order valence-corrected chi connectivity index (χ1v) is 9.90. The van der Waals surface area contributed by atoms with Gasteiger partial charge in [0, 0.05) is 20.3 Å². The minimum atomic E-state index is -1.20. The zero-order valence-electron chi connectivity index (χ0n) is 11.3. The van der Waals surface area contributed by atoms with Crippen molar-refractivity contribution in [2.24, 2.45) is 0 Å². The summed E-state index contributed by atoms with van der Waals surface area (Å²) >= 11 is 7.71. The van der Waals surface area contributed by atoms with Crippen molar-refractivity contribution < 1.29 is 9.90 Å². The van der Waals surface area contributed by atoms with Crippen LogP contribution in [0, 0.1) is 0 Å². The zero-order valence-corrected chi connectivity index (χ0v) is 15.3. The smallest absolute Gasteiger partial charge is 0.261 e. The summed E-state index contributed by atoms with van der Waals surface area (Å²) in [4.78, 5) is 13.7. The number of halogens is 1. The molecule has 0 bridgehead atoms. The normalized spacial score (nSPS) is 13.7. The number of aliphatic hydroxyl groups is 1. The van der Waals surface area contributed by atoms with Crippen LogP contribution in [0.4, 0.5) is 0 Å². The number of carbonyl (C=O) groups excluding carboxylic acids is 1. The van der Waals surface area contributed by atoms with Crippen LogP contribution in [0.15, 0.2) is 50.3 Å². The monoisotopic (exact) mass is 413 g/mol. The third-order valence-electron chi connectivity index (χ3n) is 3.22. The quantitative estimate of drug-likeness (QED) is 0.654. The lowest BCUT2D eigenvalue weighted by Crippen LogP contribution is -2.40. The number of nitrogens with one attached hydrogen (secondary N) is 1. The Balaban J connectivity index is 1.81. The van der Waals surface area contributed by atoms with Crippen LogP contribution in [0.5, 0.6) is 0 Å². The van der Waals surface area contributed by atoms with Crippen LogP contribution in [0.3, 0.4) is 0 Å². The Bertz CT molecular complexity index is 715. The molecule has 0 aliphatic carbocycles. The SMILES string of the molecule is O=C(NC[C@@](O)(c1ccsc1)c1cccs1)c1cc(Br)cs1. The molecule has 0 radical (unpaired) electrons. The van der Waals surface area contributed by atoms with Gasteiger partial charge in [0.05, 0.1) is 11.4 Å². The van der Waals surface area contributed by atoms with Gasteiger partial charge in [-0.25, -0.2) is 0 Å². The fourth-order valence-corrected chi connectivity index (χ4v) is 4.98. The Morgan fingerprint density at radius 1 is 1.27 bits per heavy atom. The van der Waals surface area contributed by atoms with Crippen molar-refractivity contribution in [3.05, 3.63) is 65.6 Å². The number of carbonyl (C=O) groups is 1. The van der Waals surface area contributed by atoms with Gasteiger partial charge in [0.2, 0.25) is 0 Å². The molecular weight excluding hydrogens is 402 g/mol. The number of thiophene rings is 3. The fourth-order valence-electron chi connectivity index (χ4n) is 2.07. The summed E-state index contributed by atoms with van der Waals surface area (Å²) in [5.41, 5.74) is -0.397. The van der Waals surface area contributed by atoms with Crippen molar-refractivity contribution in [1.29, 1.82) is 0 Å². The van der Waals surface area contributed by atoms with E-state index in [0.717, 1.165) is 14.9 Å². The summed E-state index contributed by atoms with van der Waals surface area (Å²) in [6, 6.07) is 7.44. The minimum absolute atomic E-state index is 0.137. The Kier molecular flexibility index (Phi) is 4.79. The van der Waals surface area contributed by atoms with Crippen LogP contribution >= 0.6 is 49.9 Å². The minimum Gasteiger partial charge on any atom is -0.378 e. The van der Waals surface area contributed by atoms with Gasteiger partial charge in [-0.1, -0.05) is 6.07 Å². The summed E-state index contributed by atoms with van der Waals surface area (Å²) < 4.78 is 0.883. The van der Waals surface area contributed by atoms with E-state index < -0.39 is 5.60 Å². The highest BCUT2D eigenvalue weighted by atomic mass is 79.9. The molecule has 3 heterocycles. The number of amides is 1. The second kappa shape index (κ2) is 6.64. The molecule has 0 aliphatic rings.